The third kappa shape index (κ3) is 7.34. The fraction of sp³-hybridized carbons (Fsp3) is 0.357. The normalized spacial score (nSPS) is 13.0. The number of ketones is 4. The summed E-state index contributed by atoms with van der Waals surface area (Å²) < 4.78 is 9.26. The number of anilines is 2. The van der Waals surface area contributed by atoms with Gasteiger partial charge in [-0.25, -0.2) is 9.59 Å². The van der Waals surface area contributed by atoms with Crippen LogP contribution in [0.4, 0.5) is 11.4 Å². The summed E-state index contributed by atoms with van der Waals surface area (Å²) in [6.07, 6.45) is -1.05. The second-order valence-electron chi connectivity index (χ2n) is 8.56. The topological polar surface area (TPSA) is 127 Å². The van der Waals surface area contributed by atoms with E-state index in [1.165, 1.54) is 0 Å². The Morgan fingerprint density at radius 3 is 1.18 bits per heavy atom. The van der Waals surface area contributed by atoms with Gasteiger partial charge in [0.1, 0.15) is 0 Å². The average molecular weight is 523 g/mol. The van der Waals surface area contributed by atoms with Gasteiger partial charge in [-0.1, -0.05) is 0 Å². The lowest BCUT2D eigenvalue weighted by Crippen LogP contribution is -2.46. The molecule has 200 valence electrons. The van der Waals surface area contributed by atoms with E-state index >= 15 is 0 Å². The molecule has 1 heterocycles. The number of hydrogen-bond acceptors (Lipinski definition) is 10. The van der Waals surface area contributed by atoms with Crippen molar-refractivity contribution < 1.29 is 38.2 Å². The van der Waals surface area contributed by atoms with E-state index in [4.69, 9.17) is 0 Å². The predicted octanol–water partition coefficient (Wildman–Crippen LogP) is 2.42. The molecule has 2 aromatic carbocycles. The molecule has 38 heavy (non-hydrogen) atoms. The Bertz CT molecular complexity index is 1100. The monoisotopic (exact) mass is 522 g/mol. The van der Waals surface area contributed by atoms with E-state index in [-0.39, 0.29) is 13.2 Å². The van der Waals surface area contributed by atoms with Crippen molar-refractivity contribution in [3.63, 3.8) is 0 Å². The van der Waals surface area contributed by atoms with Crippen LogP contribution in [-0.2, 0) is 28.7 Å². The molecule has 0 aromatic heterocycles. The molecule has 0 bridgehead atoms. The van der Waals surface area contributed by atoms with E-state index in [1.807, 2.05) is 24.3 Å². The van der Waals surface area contributed by atoms with Gasteiger partial charge in [0.2, 0.25) is 11.6 Å². The van der Waals surface area contributed by atoms with Crippen LogP contribution in [-0.4, -0.2) is 74.5 Å². The molecule has 2 aromatic rings. The van der Waals surface area contributed by atoms with E-state index in [1.54, 1.807) is 38.1 Å². The molecule has 1 fully saturated rings. The summed E-state index contributed by atoms with van der Waals surface area (Å²) in [7, 11) is 0. The van der Waals surface area contributed by atoms with Crippen molar-refractivity contribution in [1.82, 2.24) is 0 Å². The molecule has 10 nitrogen and oxygen atoms in total. The summed E-state index contributed by atoms with van der Waals surface area (Å²) in [5.74, 6) is -4.60. The second-order valence-corrected chi connectivity index (χ2v) is 8.56. The number of ether oxygens (including phenoxy) is 2. The molecule has 0 saturated carbocycles. The summed E-state index contributed by atoms with van der Waals surface area (Å²) in [6, 6.07) is 13.8. The fourth-order valence-electron chi connectivity index (χ4n) is 4.00. The number of benzene rings is 2. The molecule has 0 radical (unpaired) electrons. The first-order chi connectivity index (χ1) is 18.2. The highest BCUT2D eigenvalue weighted by atomic mass is 16.5. The lowest BCUT2D eigenvalue weighted by atomic mass is 10.0. The van der Waals surface area contributed by atoms with E-state index in [0.29, 0.717) is 11.1 Å². The Kier molecular flexibility index (Phi) is 9.86. The van der Waals surface area contributed by atoms with Crippen LogP contribution in [0.25, 0.3) is 0 Å². The fourth-order valence-corrected chi connectivity index (χ4v) is 4.00. The van der Waals surface area contributed by atoms with Crippen molar-refractivity contribution in [3.05, 3.63) is 59.7 Å². The zero-order chi connectivity index (χ0) is 27.7. The molecule has 1 aliphatic heterocycles. The smallest absolute Gasteiger partial charge is 0.375 e. The van der Waals surface area contributed by atoms with Crippen LogP contribution in [0, 0.1) is 0 Å². The number of piperazine rings is 1. The van der Waals surface area contributed by atoms with E-state index in [9.17, 15) is 28.8 Å². The van der Waals surface area contributed by atoms with Gasteiger partial charge in [0.15, 0.2) is 11.6 Å². The Morgan fingerprint density at radius 2 is 0.895 bits per heavy atom. The molecule has 1 saturated heterocycles. The first kappa shape index (κ1) is 28.2. The van der Waals surface area contributed by atoms with Gasteiger partial charge in [-0.05, 0) is 62.4 Å². The first-order valence-corrected chi connectivity index (χ1v) is 12.4. The highest BCUT2D eigenvalue weighted by molar-refractivity contribution is 6.38. The number of carbonyl (C=O) groups is 6. The number of esters is 2. The summed E-state index contributed by atoms with van der Waals surface area (Å²) >= 11 is 0. The molecular weight excluding hydrogens is 492 g/mol. The van der Waals surface area contributed by atoms with Crippen LogP contribution in [0.5, 0.6) is 0 Å². The van der Waals surface area contributed by atoms with E-state index in [2.05, 4.69) is 19.3 Å². The van der Waals surface area contributed by atoms with Crippen molar-refractivity contribution in [2.75, 3.05) is 49.2 Å². The molecule has 0 spiro atoms. The summed E-state index contributed by atoms with van der Waals surface area (Å²) in [5.41, 5.74) is 2.57. The minimum Gasteiger partial charge on any atom is -0.460 e. The number of carbonyl (C=O) groups excluding carboxylic acids is 6. The van der Waals surface area contributed by atoms with Gasteiger partial charge in [-0.15, -0.1) is 0 Å². The van der Waals surface area contributed by atoms with E-state index in [0.717, 1.165) is 37.6 Å². The number of Topliss-reactive ketones (excluding diaryl/α,β-unsaturated/α-hetero) is 4. The second kappa shape index (κ2) is 13.3. The van der Waals surface area contributed by atoms with Crippen LogP contribution >= 0.6 is 0 Å². The minimum absolute atomic E-state index is 0.0758. The van der Waals surface area contributed by atoms with Crippen molar-refractivity contribution in [2.24, 2.45) is 0 Å². The quantitative estimate of drug-likeness (QED) is 0.177. The molecule has 0 atom stereocenters. The van der Waals surface area contributed by atoms with E-state index < -0.39 is 47.9 Å². The SMILES string of the molecule is CCOC(=O)C(=O)CC(=O)c1ccc(N2CCN(c3ccc(C(=O)CC(=O)C(=O)OCC)cc3)CC2)cc1. The highest BCUT2D eigenvalue weighted by Gasteiger charge is 2.22. The Hall–Kier alpha value is -4.34. The largest absolute Gasteiger partial charge is 0.460 e. The van der Waals surface area contributed by atoms with Gasteiger partial charge >= 0.3 is 11.9 Å². The summed E-state index contributed by atoms with van der Waals surface area (Å²) in [5, 5.41) is 0. The molecule has 10 heteroatoms. The van der Waals surface area contributed by atoms with Crippen LogP contribution in [0.2, 0.25) is 0 Å². The van der Waals surface area contributed by atoms with Gasteiger partial charge in [0, 0.05) is 48.7 Å². The van der Waals surface area contributed by atoms with Gasteiger partial charge in [0.05, 0.1) is 26.1 Å². The molecular formula is C28H30N2O8. The van der Waals surface area contributed by atoms with Crippen molar-refractivity contribution in [1.29, 1.82) is 0 Å². The Labute approximate surface area is 220 Å². The average Bonchev–Trinajstić information content (AvgIpc) is 2.93. The van der Waals surface area contributed by atoms with Crippen LogP contribution in [0.15, 0.2) is 48.5 Å². The summed E-state index contributed by atoms with van der Waals surface area (Å²) in [4.78, 5) is 75.4. The number of nitrogens with zero attached hydrogens (tertiary/aromatic N) is 2. The molecule has 0 amide bonds. The number of hydrogen-bond donors (Lipinski definition) is 0. The standard InChI is InChI=1S/C28H30N2O8/c1-3-37-27(35)25(33)17-23(31)19-5-9-21(10-6-19)29-13-15-30(16-14-29)22-11-7-20(8-12-22)24(32)18-26(34)28(36)38-4-2/h5-12H,3-4,13-18H2,1-2H3. The minimum atomic E-state index is -0.999. The Morgan fingerprint density at radius 1 is 0.579 bits per heavy atom. The van der Waals surface area contributed by atoms with Crippen molar-refractivity contribution >= 4 is 46.4 Å². The van der Waals surface area contributed by atoms with Gasteiger partial charge < -0.3 is 19.3 Å². The molecule has 0 unspecified atom stereocenters. The molecule has 0 N–H and O–H groups in total. The summed E-state index contributed by atoms with van der Waals surface area (Å²) in [6.45, 7) is 6.23. The third-order valence-electron chi connectivity index (χ3n) is 6.04. The highest BCUT2D eigenvalue weighted by Crippen LogP contribution is 2.22. The van der Waals surface area contributed by atoms with Crippen LogP contribution < -0.4 is 9.80 Å². The third-order valence-corrected chi connectivity index (χ3v) is 6.04. The maximum Gasteiger partial charge on any atom is 0.375 e. The Balaban J connectivity index is 1.51. The zero-order valence-corrected chi connectivity index (χ0v) is 21.4. The lowest BCUT2D eigenvalue weighted by Gasteiger charge is -2.37. The molecule has 1 aliphatic rings. The molecule has 0 aliphatic carbocycles. The van der Waals surface area contributed by atoms with Gasteiger partial charge in [-0.2, -0.15) is 0 Å². The maximum absolute atomic E-state index is 12.3. The van der Waals surface area contributed by atoms with Crippen LogP contribution in [0.1, 0.15) is 47.4 Å². The lowest BCUT2D eigenvalue weighted by molar-refractivity contribution is -0.153. The first-order valence-electron chi connectivity index (χ1n) is 12.4. The zero-order valence-electron chi connectivity index (χ0n) is 21.4. The van der Waals surface area contributed by atoms with Crippen molar-refractivity contribution in [2.45, 2.75) is 26.7 Å². The maximum atomic E-state index is 12.3. The van der Waals surface area contributed by atoms with Gasteiger partial charge in [-0.3, -0.25) is 19.2 Å². The van der Waals surface area contributed by atoms with Crippen molar-refractivity contribution in [3.8, 4) is 0 Å². The molecule has 3 rings (SSSR count). The number of rotatable bonds is 12. The predicted molar refractivity (Wildman–Crippen MR) is 138 cm³/mol. The van der Waals surface area contributed by atoms with Gasteiger partial charge in [0.25, 0.3) is 0 Å². The van der Waals surface area contributed by atoms with Crippen LogP contribution in [0.3, 0.4) is 0 Å².